The van der Waals surface area contributed by atoms with Gasteiger partial charge in [0, 0.05) is 23.2 Å². The Hall–Kier alpha value is -1.55. The van der Waals surface area contributed by atoms with Crippen LogP contribution in [-0.4, -0.2) is 24.0 Å². The average molecular weight is 298 g/mol. The number of ether oxygens (including phenoxy) is 1. The van der Waals surface area contributed by atoms with Crippen LogP contribution in [0.25, 0.3) is 0 Å². The lowest BCUT2D eigenvalue weighted by Crippen LogP contribution is -2.42. The van der Waals surface area contributed by atoms with Crippen LogP contribution >= 0.6 is 11.6 Å². The maximum Gasteiger partial charge on any atom is 0.415 e. The molecule has 0 radical (unpaired) electrons. The topological polar surface area (TPSA) is 46.6 Å². The molecule has 5 heteroatoms. The molecule has 1 aromatic rings. The van der Waals surface area contributed by atoms with E-state index in [1.807, 2.05) is 0 Å². The van der Waals surface area contributed by atoms with E-state index in [1.165, 1.54) is 4.90 Å². The Morgan fingerprint density at radius 2 is 1.90 bits per heavy atom. The average Bonchev–Trinajstić information content (AvgIpc) is 2.30. The van der Waals surface area contributed by atoms with Crippen LogP contribution in [0.15, 0.2) is 24.3 Å². The number of hydrogen-bond donors (Lipinski definition) is 0. The third kappa shape index (κ3) is 4.85. The van der Waals surface area contributed by atoms with Crippen molar-refractivity contribution in [1.82, 2.24) is 0 Å². The first-order chi connectivity index (χ1) is 9.24. The molecule has 0 fully saturated rings. The predicted molar refractivity (Wildman–Crippen MR) is 80.3 cm³/mol. The van der Waals surface area contributed by atoms with E-state index in [0.29, 0.717) is 10.7 Å². The van der Waals surface area contributed by atoms with E-state index in [1.54, 1.807) is 52.0 Å². The molecular formula is C15H20ClNO3. The molecule has 20 heavy (non-hydrogen) atoms. The number of benzene rings is 1. The Labute approximate surface area is 124 Å². The summed E-state index contributed by atoms with van der Waals surface area (Å²) in [6, 6.07) is 6.56. The molecular weight excluding hydrogens is 278 g/mol. The summed E-state index contributed by atoms with van der Waals surface area (Å²) in [6.45, 7) is 7.20. The van der Waals surface area contributed by atoms with Gasteiger partial charge in [-0.05, 0) is 52.0 Å². The zero-order valence-corrected chi connectivity index (χ0v) is 13.0. The molecule has 0 aliphatic carbocycles. The molecule has 0 spiro atoms. The zero-order chi connectivity index (χ0) is 15.3. The highest BCUT2D eigenvalue weighted by Crippen LogP contribution is 2.23. The summed E-state index contributed by atoms with van der Waals surface area (Å²) < 4.78 is 5.39. The van der Waals surface area contributed by atoms with Gasteiger partial charge in [0.15, 0.2) is 0 Å². The van der Waals surface area contributed by atoms with Crippen LogP contribution in [-0.2, 0) is 9.53 Å². The Morgan fingerprint density at radius 3 is 2.35 bits per heavy atom. The number of carbonyl (C=O) groups is 2. The summed E-state index contributed by atoms with van der Waals surface area (Å²) in [4.78, 5) is 24.5. The summed E-state index contributed by atoms with van der Waals surface area (Å²) in [7, 11) is 0. The van der Waals surface area contributed by atoms with E-state index in [4.69, 9.17) is 16.3 Å². The van der Waals surface area contributed by atoms with Crippen molar-refractivity contribution in [1.29, 1.82) is 0 Å². The summed E-state index contributed by atoms with van der Waals surface area (Å²) in [5, 5.41) is 0.584. The molecule has 1 rings (SSSR count). The number of halogens is 1. The predicted octanol–water partition coefficient (Wildman–Crippen LogP) is 4.06. The molecule has 0 saturated carbocycles. The summed E-state index contributed by atoms with van der Waals surface area (Å²) >= 11 is 5.85. The van der Waals surface area contributed by atoms with Crippen LogP contribution in [0.3, 0.4) is 0 Å². The Morgan fingerprint density at radius 1 is 1.35 bits per heavy atom. The SMILES string of the molecule is CC(CC=O)N(C(=O)OC(C)(C)C)c1ccc(Cl)cc1. The van der Waals surface area contributed by atoms with Gasteiger partial charge in [-0.1, -0.05) is 11.6 Å². The Balaban J connectivity index is 3.04. The number of anilines is 1. The van der Waals surface area contributed by atoms with Gasteiger partial charge >= 0.3 is 6.09 Å². The van der Waals surface area contributed by atoms with Gasteiger partial charge in [0.2, 0.25) is 0 Å². The van der Waals surface area contributed by atoms with E-state index in [-0.39, 0.29) is 12.5 Å². The highest BCUT2D eigenvalue weighted by molar-refractivity contribution is 6.30. The van der Waals surface area contributed by atoms with Crippen molar-refractivity contribution in [3.63, 3.8) is 0 Å². The van der Waals surface area contributed by atoms with Gasteiger partial charge in [0.1, 0.15) is 11.9 Å². The van der Waals surface area contributed by atoms with Crippen LogP contribution in [0.5, 0.6) is 0 Å². The lowest BCUT2D eigenvalue weighted by Gasteiger charge is -2.31. The van der Waals surface area contributed by atoms with Gasteiger partial charge in [-0.3, -0.25) is 4.90 Å². The molecule has 0 heterocycles. The quantitative estimate of drug-likeness (QED) is 0.787. The van der Waals surface area contributed by atoms with E-state index in [0.717, 1.165) is 6.29 Å². The van der Waals surface area contributed by atoms with E-state index in [2.05, 4.69) is 0 Å². The molecule has 0 bridgehead atoms. The molecule has 110 valence electrons. The van der Waals surface area contributed by atoms with E-state index >= 15 is 0 Å². The van der Waals surface area contributed by atoms with Crippen LogP contribution in [0.2, 0.25) is 5.02 Å². The molecule has 1 amide bonds. The van der Waals surface area contributed by atoms with Crippen molar-refractivity contribution in [2.24, 2.45) is 0 Å². The maximum atomic E-state index is 12.3. The van der Waals surface area contributed by atoms with Crippen molar-refractivity contribution in [3.05, 3.63) is 29.3 Å². The van der Waals surface area contributed by atoms with Crippen molar-refractivity contribution < 1.29 is 14.3 Å². The molecule has 0 aromatic heterocycles. The van der Waals surface area contributed by atoms with Gasteiger partial charge in [-0.15, -0.1) is 0 Å². The number of nitrogens with zero attached hydrogens (tertiary/aromatic N) is 1. The van der Waals surface area contributed by atoms with E-state index in [9.17, 15) is 9.59 Å². The van der Waals surface area contributed by atoms with Gasteiger partial charge in [-0.2, -0.15) is 0 Å². The molecule has 1 unspecified atom stereocenters. The summed E-state index contributed by atoms with van der Waals surface area (Å²) in [5.41, 5.74) is 0.0563. The smallest absolute Gasteiger partial charge is 0.415 e. The fourth-order valence-corrected chi connectivity index (χ4v) is 1.82. The van der Waals surface area contributed by atoms with Crippen LogP contribution in [0.1, 0.15) is 34.1 Å². The second-order valence-corrected chi connectivity index (χ2v) is 6.01. The minimum absolute atomic E-state index is 0.238. The first kappa shape index (κ1) is 16.5. The highest BCUT2D eigenvalue weighted by Gasteiger charge is 2.27. The number of carbonyl (C=O) groups excluding carboxylic acids is 2. The highest BCUT2D eigenvalue weighted by atomic mass is 35.5. The first-order valence-electron chi connectivity index (χ1n) is 6.46. The van der Waals surface area contributed by atoms with Crippen molar-refractivity contribution in [2.75, 3.05) is 4.90 Å². The van der Waals surface area contributed by atoms with Crippen molar-refractivity contribution >= 4 is 29.7 Å². The molecule has 0 N–H and O–H groups in total. The number of rotatable bonds is 4. The lowest BCUT2D eigenvalue weighted by molar-refractivity contribution is -0.108. The molecule has 0 aliphatic heterocycles. The van der Waals surface area contributed by atoms with Gasteiger partial charge < -0.3 is 9.53 Å². The minimum Gasteiger partial charge on any atom is -0.443 e. The minimum atomic E-state index is -0.595. The number of hydrogen-bond acceptors (Lipinski definition) is 3. The summed E-state index contributed by atoms with van der Waals surface area (Å²) in [5.74, 6) is 0. The van der Waals surface area contributed by atoms with Crippen LogP contribution in [0, 0.1) is 0 Å². The van der Waals surface area contributed by atoms with Gasteiger partial charge in [0.25, 0.3) is 0 Å². The Bertz CT molecular complexity index is 465. The second-order valence-electron chi connectivity index (χ2n) is 5.58. The molecule has 4 nitrogen and oxygen atoms in total. The molecule has 0 aliphatic rings. The van der Waals surface area contributed by atoms with Crippen LogP contribution < -0.4 is 4.90 Å². The third-order valence-electron chi connectivity index (χ3n) is 2.57. The van der Waals surface area contributed by atoms with Crippen LogP contribution in [0.4, 0.5) is 10.5 Å². The Kier molecular flexibility index (Phi) is 5.57. The van der Waals surface area contributed by atoms with Gasteiger partial charge in [0.05, 0.1) is 0 Å². The molecule has 1 aromatic carbocycles. The van der Waals surface area contributed by atoms with Crippen molar-refractivity contribution in [2.45, 2.75) is 45.8 Å². The fourth-order valence-electron chi connectivity index (χ4n) is 1.70. The maximum absolute atomic E-state index is 12.3. The van der Waals surface area contributed by atoms with Gasteiger partial charge in [-0.25, -0.2) is 4.79 Å². The van der Waals surface area contributed by atoms with Crippen molar-refractivity contribution in [3.8, 4) is 0 Å². The molecule has 0 saturated heterocycles. The molecule has 1 atom stereocenters. The fraction of sp³-hybridized carbons (Fsp3) is 0.467. The first-order valence-corrected chi connectivity index (χ1v) is 6.84. The monoisotopic (exact) mass is 297 g/mol. The summed E-state index contributed by atoms with van der Waals surface area (Å²) in [6.07, 6.45) is 0.550. The standard InChI is InChI=1S/C15H20ClNO3/c1-11(9-10-18)17(14(19)20-15(2,3)4)13-7-5-12(16)6-8-13/h5-8,10-11H,9H2,1-4H3. The third-order valence-corrected chi connectivity index (χ3v) is 2.83. The zero-order valence-electron chi connectivity index (χ0n) is 12.2. The second kappa shape index (κ2) is 6.75. The van der Waals surface area contributed by atoms with E-state index < -0.39 is 11.7 Å². The normalized spacial score (nSPS) is 12.7. The lowest BCUT2D eigenvalue weighted by atomic mass is 10.2. The number of aldehydes is 1. The largest absolute Gasteiger partial charge is 0.443 e. The number of amides is 1.